The second-order valence-corrected chi connectivity index (χ2v) is 8.09. The molecule has 1 saturated heterocycles. The summed E-state index contributed by atoms with van der Waals surface area (Å²) in [6, 6.07) is 1.15. The van der Waals surface area contributed by atoms with Crippen molar-refractivity contribution in [3.05, 3.63) is 38.9 Å². The number of nitrogens with two attached hydrogens (primary N) is 1. The lowest BCUT2D eigenvalue weighted by Gasteiger charge is -2.28. The molecular weight excluding hydrogens is 343 g/mol. The topological polar surface area (TPSA) is 82.9 Å². The van der Waals surface area contributed by atoms with E-state index < -0.39 is 11.4 Å². The molecule has 0 bridgehead atoms. The van der Waals surface area contributed by atoms with Crippen LogP contribution in [0.4, 0.5) is 4.39 Å². The summed E-state index contributed by atoms with van der Waals surface area (Å²) in [4.78, 5) is 30.3. The highest BCUT2D eigenvalue weighted by atomic mass is 32.2. The number of hydrogen-bond acceptors (Lipinski definition) is 5. The van der Waals surface area contributed by atoms with E-state index in [1.807, 2.05) is 0 Å². The maximum absolute atomic E-state index is 13.7. The number of aromatic nitrogens is 3. The predicted octanol–water partition coefficient (Wildman–Crippen LogP) is 1.82. The predicted molar refractivity (Wildman–Crippen MR) is 96.7 cm³/mol. The third-order valence-electron chi connectivity index (χ3n) is 5.30. The van der Waals surface area contributed by atoms with Gasteiger partial charge in [-0.3, -0.25) is 13.9 Å². The summed E-state index contributed by atoms with van der Waals surface area (Å²) in [5, 5.41) is 0.186. The average molecular weight is 364 g/mol. The van der Waals surface area contributed by atoms with E-state index in [0.29, 0.717) is 18.5 Å². The molecule has 134 valence electrons. The first-order chi connectivity index (χ1) is 12.1. The van der Waals surface area contributed by atoms with E-state index in [-0.39, 0.29) is 29.2 Å². The molecule has 0 radical (unpaired) electrons. The maximum Gasteiger partial charge on any atom is 0.333 e. The van der Waals surface area contributed by atoms with E-state index in [2.05, 4.69) is 4.98 Å². The fourth-order valence-corrected chi connectivity index (χ4v) is 5.13. The van der Waals surface area contributed by atoms with Crippen LogP contribution in [-0.4, -0.2) is 31.7 Å². The average Bonchev–Trinajstić information content (AvgIpc) is 3.11. The van der Waals surface area contributed by atoms with Crippen LogP contribution in [0, 0.1) is 5.82 Å². The van der Waals surface area contributed by atoms with Crippen molar-refractivity contribution in [1.29, 1.82) is 0 Å². The Kier molecular flexibility index (Phi) is 4.41. The lowest BCUT2D eigenvalue weighted by molar-refractivity contribution is 0.304. The minimum absolute atomic E-state index is 0.00402. The molecule has 1 aliphatic carbocycles. The van der Waals surface area contributed by atoms with Crippen LogP contribution in [0.15, 0.2) is 21.9 Å². The molecule has 0 aromatic carbocycles. The zero-order valence-corrected chi connectivity index (χ0v) is 14.7. The zero-order valence-electron chi connectivity index (χ0n) is 13.9. The van der Waals surface area contributed by atoms with Crippen LogP contribution in [0.3, 0.4) is 0 Å². The van der Waals surface area contributed by atoms with Crippen LogP contribution in [0.2, 0.25) is 0 Å². The fraction of sp³-hybridized carbons (Fsp3) is 0.588. The molecule has 1 atom stereocenters. The summed E-state index contributed by atoms with van der Waals surface area (Å²) in [6.45, 7) is 0. The van der Waals surface area contributed by atoms with Gasteiger partial charge in [0.15, 0.2) is 0 Å². The molecule has 2 aromatic rings. The van der Waals surface area contributed by atoms with Crippen molar-refractivity contribution in [2.24, 2.45) is 5.73 Å². The van der Waals surface area contributed by atoms with E-state index in [1.165, 1.54) is 10.6 Å². The Hall–Kier alpha value is -1.67. The highest BCUT2D eigenvalue weighted by Crippen LogP contribution is 2.30. The van der Waals surface area contributed by atoms with Gasteiger partial charge in [-0.2, -0.15) is 11.8 Å². The molecule has 2 aromatic heterocycles. The number of thioether (sulfide) groups is 1. The van der Waals surface area contributed by atoms with Crippen molar-refractivity contribution in [1.82, 2.24) is 14.1 Å². The molecule has 6 nitrogen and oxygen atoms in total. The van der Waals surface area contributed by atoms with Crippen molar-refractivity contribution in [3.63, 3.8) is 0 Å². The van der Waals surface area contributed by atoms with Crippen LogP contribution in [0.25, 0.3) is 11.0 Å². The Labute approximate surface area is 148 Å². The van der Waals surface area contributed by atoms with Gasteiger partial charge < -0.3 is 5.73 Å². The van der Waals surface area contributed by atoms with Crippen molar-refractivity contribution in [2.45, 2.75) is 50.2 Å². The normalized spacial score (nSPS) is 27.0. The Morgan fingerprint density at radius 1 is 1.12 bits per heavy atom. The Bertz CT molecular complexity index is 911. The zero-order chi connectivity index (χ0) is 17.6. The van der Waals surface area contributed by atoms with Crippen LogP contribution in [0.1, 0.15) is 44.2 Å². The number of rotatable bonds is 2. The summed E-state index contributed by atoms with van der Waals surface area (Å²) in [6.07, 6.45) is 4.90. The molecule has 0 amide bonds. The van der Waals surface area contributed by atoms with E-state index in [1.54, 1.807) is 16.3 Å². The second kappa shape index (κ2) is 6.57. The first kappa shape index (κ1) is 16.8. The molecule has 0 spiro atoms. The minimum Gasteiger partial charge on any atom is -0.328 e. The summed E-state index contributed by atoms with van der Waals surface area (Å²) in [7, 11) is 0. The van der Waals surface area contributed by atoms with Crippen molar-refractivity contribution >= 4 is 22.8 Å². The summed E-state index contributed by atoms with van der Waals surface area (Å²) < 4.78 is 16.7. The van der Waals surface area contributed by atoms with Crippen molar-refractivity contribution < 1.29 is 4.39 Å². The fourth-order valence-electron chi connectivity index (χ4n) is 3.94. The Balaban J connectivity index is 1.96. The summed E-state index contributed by atoms with van der Waals surface area (Å²) in [5.41, 5.74) is 5.51. The van der Waals surface area contributed by atoms with Gasteiger partial charge >= 0.3 is 5.69 Å². The second-order valence-electron chi connectivity index (χ2n) is 6.94. The highest BCUT2D eigenvalue weighted by Gasteiger charge is 2.28. The van der Waals surface area contributed by atoms with Gasteiger partial charge in [0.05, 0.1) is 17.6 Å². The van der Waals surface area contributed by atoms with Crippen LogP contribution < -0.4 is 17.0 Å². The monoisotopic (exact) mass is 364 g/mol. The van der Waals surface area contributed by atoms with Gasteiger partial charge in [0, 0.05) is 17.8 Å². The Morgan fingerprint density at radius 3 is 2.56 bits per heavy atom. The standard InChI is InChI=1S/C17H21FN4O2S/c18-10-7-14-15(20-8-10)21(13-5-6-25-9-13)17(24)22(16(14)23)12-3-1-11(19)2-4-12/h7-8,11-13H,1-6,9,19H2. The van der Waals surface area contributed by atoms with Gasteiger partial charge in [0.2, 0.25) is 0 Å². The van der Waals surface area contributed by atoms with Gasteiger partial charge in [0.1, 0.15) is 11.5 Å². The number of fused-ring (bicyclic) bond motifs is 1. The summed E-state index contributed by atoms with van der Waals surface area (Å²) >= 11 is 1.78. The largest absolute Gasteiger partial charge is 0.333 e. The lowest BCUT2D eigenvalue weighted by Crippen LogP contribution is -2.45. The highest BCUT2D eigenvalue weighted by molar-refractivity contribution is 7.99. The number of nitrogens with zero attached hydrogens (tertiary/aromatic N) is 3. The van der Waals surface area contributed by atoms with E-state index >= 15 is 0 Å². The van der Waals surface area contributed by atoms with Crippen LogP contribution >= 0.6 is 11.8 Å². The van der Waals surface area contributed by atoms with E-state index in [0.717, 1.165) is 37.0 Å². The number of pyridine rings is 1. The maximum atomic E-state index is 13.7. The molecule has 1 saturated carbocycles. The molecule has 2 aliphatic rings. The van der Waals surface area contributed by atoms with Gasteiger partial charge in [-0.1, -0.05) is 0 Å². The number of halogens is 1. The molecule has 4 rings (SSSR count). The van der Waals surface area contributed by atoms with Crippen LogP contribution in [0.5, 0.6) is 0 Å². The van der Waals surface area contributed by atoms with Gasteiger partial charge in [0.25, 0.3) is 5.56 Å². The SMILES string of the molecule is NC1CCC(n2c(=O)c3cc(F)cnc3n(C3CCSC3)c2=O)CC1. The Morgan fingerprint density at radius 2 is 1.88 bits per heavy atom. The van der Waals surface area contributed by atoms with Crippen molar-refractivity contribution in [3.8, 4) is 0 Å². The quantitative estimate of drug-likeness (QED) is 0.879. The molecule has 2 N–H and O–H groups in total. The first-order valence-electron chi connectivity index (χ1n) is 8.72. The van der Waals surface area contributed by atoms with Crippen LogP contribution in [-0.2, 0) is 0 Å². The molecule has 3 heterocycles. The van der Waals surface area contributed by atoms with Gasteiger partial charge in [-0.25, -0.2) is 14.2 Å². The van der Waals surface area contributed by atoms with Gasteiger partial charge in [-0.05, 0) is 43.9 Å². The first-order valence-corrected chi connectivity index (χ1v) is 9.87. The minimum atomic E-state index is -0.562. The van der Waals surface area contributed by atoms with E-state index in [9.17, 15) is 14.0 Å². The van der Waals surface area contributed by atoms with Gasteiger partial charge in [-0.15, -0.1) is 0 Å². The molecule has 2 fully saturated rings. The smallest absolute Gasteiger partial charge is 0.328 e. The molecule has 8 heteroatoms. The molecule has 1 aliphatic heterocycles. The third-order valence-corrected chi connectivity index (χ3v) is 6.45. The molecular formula is C17H21FN4O2S. The third kappa shape index (κ3) is 2.91. The summed E-state index contributed by atoms with van der Waals surface area (Å²) in [5.74, 6) is 1.21. The molecule has 1 unspecified atom stereocenters. The van der Waals surface area contributed by atoms with Crippen molar-refractivity contribution in [2.75, 3.05) is 11.5 Å². The lowest BCUT2D eigenvalue weighted by atomic mass is 9.91. The van der Waals surface area contributed by atoms with E-state index in [4.69, 9.17) is 5.73 Å². The number of hydrogen-bond donors (Lipinski definition) is 1. The molecule has 25 heavy (non-hydrogen) atoms.